The molecule has 0 atom stereocenters. The fourth-order valence-electron chi connectivity index (χ4n) is 2.05. The second-order valence-electron chi connectivity index (χ2n) is 4.37. The Balaban J connectivity index is 2.11. The summed E-state index contributed by atoms with van der Waals surface area (Å²) in [6.07, 6.45) is 3.89. The minimum Gasteiger partial charge on any atom is -0.465 e. The van der Waals surface area contributed by atoms with Crippen LogP contribution in [0.3, 0.4) is 0 Å². The van der Waals surface area contributed by atoms with Crippen molar-refractivity contribution in [1.29, 1.82) is 0 Å². The van der Waals surface area contributed by atoms with Gasteiger partial charge in [-0.1, -0.05) is 12.1 Å². The number of esters is 1. The van der Waals surface area contributed by atoms with Crippen LogP contribution in [0.2, 0.25) is 0 Å². The van der Waals surface area contributed by atoms with Crippen molar-refractivity contribution >= 4 is 17.9 Å². The van der Waals surface area contributed by atoms with Crippen LogP contribution in [0.4, 0.5) is 0 Å². The molecule has 0 aliphatic carbocycles. The van der Waals surface area contributed by atoms with Crippen molar-refractivity contribution in [3.05, 3.63) is 53.9 Å². The Labute approximate surface area is 120 Å². The minimum atomic E-state index is -0.407. The van der Waals surface area contributed by atoms with E-state index >= 15 is 0 Å². The number of nitrogens with zero attached hydrogens (tertiary/aromatic N) is 3. The van der Waals surface area contributed by atoms with Crippen molar-refractivity contribution in [3.63, 3.8) is 0 Å². The lowest BCUT2D eigenvalue weighted by molar-refractivity contribution is 0.0600. The summed E-state index contributed by atoms with van der Waals surface area (Å²) in [4.78, 5) is 26.9. The smallest absolute Gasteiger partial charge is 0.337 e. The highest BCUT2D eigenvalue weighted by atomic mass is 16.5. The molecule has 0 amide bonds. The zero-order chi connectivity index (χ0) is 14.8. The third-order valence-electron chi connectivity index (χ3n) is 3.10. The van der Waals surface area contributed by atoms with Gasteiger partial charge in [-0.05, 0) is 18.2 Å². The first-order chi connectivity index (χ1) is 10.2. The van der Waals surface area contributed by atoms with E-state index in [9.17, 15) is 9.59 Å². The average molecular weight is 281 g/mol. The lowest BCUT2D eigenvalue weighted by atomic mass is 10.1. The van der Waals surface area contributed by atoms with E-state index < -0.39 is 5.97 Å². The molecule has 0 saturated heterocycles. The van der Waals surface area contributed by atoms with Gasteiger partial charge in [0.05, 0.1) is 30.1 Å². The van der Waals surface area contributed by atoms with Gasteiger partial charge >= 0.3 is 5.97 Å². The molecule has 0 aliphatic rings. The zero-order valence-electron chi connectivity index (χ0n) is 11.2. The molecule has 6 nitrogen and oxygen atoms in total. The Hall–Kier alpha value is -3.02. The van der Waals surface area contributed by atoms with Gasteiger partial charge in [0.2, 0.25) is 0 Å². The second-order valence-corrected chi connectivity index (χ2v) is 4.37. The molecule has 0 N–H and O–H groups in total. The van der Waals surface area contributed by atoms with Gasteiger partial charge in [-0.15, -0.1) is 0 Å². The summed E-state index contributed by atoms with van der Waals surface area (Å²) >= 11 is 0. The normalized spacial score (nSPS) is 10.5. The highest BCUT2D eigenvalue weighted by Crippen LogP contribution is 2.20. The van der Waals surface area contributed by atoms with Crippen molar-refractivity contribution in [2.45, 2.75) is 0 Å². The van der Waals surface area contributed by atoms with Crippen LogP contribution in [0.15, 0.2) is 42.7 Å². The maximum atomic E-state index is 11.6. The summed E-state index contributed by atoms with van der Waals surface area (Å²) in [5, 5.41) is 4.03. The Morgan fingerprint density at radius 2 is 2.19 bits per heavy atom. The first kappa shape index (κ1) is 13.0. The summed E-state index contributed by atoms with van der Waals surface area (Å²) in [5.41, 5.74) is 2.75. The molecule has 3 rings (SSSR count). The number of ether oxygens (including phenoxy) is 1. The molecule has 3 aromatic rings. The van der Waals surface area contributed by atoms with E-state index in [1.807, 2.05) is 6.07 Å². The van der Waals surface area contributed by atoms with Crippen LogP contribution < -0.4 is 0 Å². The molecular formula is C15H11N3O3. The van der Waals surface area contributed by atoms with E-state index in [-0.39, 0.29) is 0 Å². The number of hydrogen-bond acceptors (Lipinski definition) is 5. The molecule has 0 saturated carbocycles. The van der Waals surface area contributed by atoms with Crippen molar-refractivity contribution in [2.75, 3.05) is 7.11 Å². The van der Waals surface area contributed by atoms with Gasteiger partial charge in [-0.25, -0.2) is 14.3 Å². The SMILES string of the molecule is COC(=O)c1cccc(-c2ccn3ncc(C=O)c3n2)c1. The van der Waals surface area contributed by atoms with Gasteiger partial charge < -0.3 is 4.74 Å². The molecule has 0 unspecified atom stereocenters. The molecule has 6 heteroatoms. The standard InChI is InChI=1S/C15H11N3O3/c1-21-15(20)11-4-2-3-10(7-11)13-5-6-18-14(17-13)12(9-19)8-16-18/h2-9H,1H3. The molecule has 0 bridgehead atoms. The van der Waals surface area contributed by atoms with Crippen LogP contribution in [-0.4, -0.2) is 34.0 Å². The number of rotatable bonds is 3. The van der Waals surface area contributed by atoms with Gasteiger partial charge in [-0.3, -0.25) is 4.79 Å². The van der Waals surface area contributed by atoms with Crippen LogP contribution in [-0.2, 0) is 4.74 Å². The Kier molecular flexibility index (Phi) is 3.19. The van der Waals surface area contributed by atoms with Gasteiger partial charge in [0.25, 0.3) is 0 Å². The van der Waals surface area contributed by atoms with Gasteiger partial charge in [-0.2, -0.15) is 5.10 Å². The highest BCUT2D eigenvalue weighted by Gasteiger charge is 2.10. The molecule has 2 aromatic heterocycles. The molecule has 0 radical (unpaired) electrons. The predicted octanol–water partition coefficient (Wildman–Crippen LogP) is 2.00. The Morgan fingerprint density at radius 3 is 2.95 bits per heavy atom. The van der Waals surface area contributed by atoms with Crippen molar-refractivity contribution in [3.8, 4) is 11.3 Å². The lowest BCUT2D eigenvalue weighted by Crippen LogP contribution is -2.01. The molecule has 0 aliphatic heterocycles. The van der Waals surface area contributed by atoms with E-state index in [1.165, 1.54) is 17.8 Å². The summed E-state index contributed by atoms with van der Waals surface area (Å²) in [6, 6.07) is 8.73. The number of hydrogen-bond donors (Lipinski definition) is 0. The highest BCUT2D eigenvalue weighted by molar-refractivity contribution is 5.91. The topological polar surface area (TPSA) is 73.6 Å². The molecular weight excluding hydrogens is 270 g/mol. The average Bonchev–Trinajstić information content (AvgIpc) is 2.96. The third kappa shape index (κ3) is 2.27. The molecule has 0 spiro atoms. The van der Waals surface area contributed by atoms with Crippen molar-refractivity contribution in [2.24, 2.45) is 0 Å². The van der Waals surface area contributed by atoms with E-state index in [4.69, 9.17) is 4.74 Å². The maximum Gasteiger partial charge on any atom is 0.337 e. The predicted molar refractivity (Wildman–Crippen MR) is 75.2 cm³/mol. The Morgan fingerprint density at radius 1 is 1.33 bits per heavy atom. The largest absolute Gasteiger partial charge is 0.465 e. The molecule has 21 heavy (non-hydrogen) atoms. The number of fused-ring (bicyclic) bond motifs is 1. The van der Waals surface area contributed by atoms with Crippen LogP contribution in [0.5, 0.6) is 0 Å². The van der Waals surface area contributed by atoms with Crippen LogP contribution >= 0.6 is 0 Å². The van der Waals surface area contributed by atoms with Crippen molar-refractivity contribution < 1.29 is 14.3 Å². The number of carbonyl (C=O) groups excluding carboxylic acids is 2. The van der Waals surface area contributed by atoms with Gasteiger partial charge in [0.15, 0.2) is 11.9 Å². The van der Waals surface area contributed by atoms with Crippen LogP contribution in [0.25, 0.3) is 16.9 Å². The fraction of sp³-hybridized carbons (Fsp3) is 0.0667. The summed E-state index contributed by atoms with van der Waals surface area (Å²) in [7, 11) is 1.34. The van der Waals surface area contributed by atoms with E-state index in [0.717, 1.165) is 5.56 Å². The molecule has 2 heterocycles. The van der Waals surface area contributed by atoms with Crippen LogP contribution in [0.1, 0.15) is 20.7 Å². The number of aromatic nitrogens is 3. The van der Waals surface area contributed by atoms with Crippen LogP contribution in [0, 0.1) is 0 Å². The lowest BCUT2D eigenvalue weighted by Gasteiger charge is -2.04. The number of carbonyl (C=O) groups is 2. The summed E-state index contributed by atoms with van der Waals surface area (Å²) in [5.74, 6) is -0.407. The van der Waals surface area contributed by atoms with Gasteiger partial charge in [0.1, 0.15) is 0 Å². The molecule has 104 valence electrons. The summed E-state index contributed by atoms with van der Waals surface area (Å²) < 4.78 is 6.23. The first-order valence-electron chi connectivity index (χ1n) is 6.21. The fourth-order valence-corrected chi connectivity index (χ4v) is 2.05. The quantitative estimate of drug-likeness (QED) is 0.542. The number of methoxy groups -OCH3 is 1. The molecule has 0 fully saturated rings. The van der Waals surface area contributed by atoms with E-state index in [2.05, 4.69) is 10.1 Å². The number of aldehydes is 1. The zero-order valence-corrected chi connectivity index (χ0v) is 11.2. The second kappa shape index (κ2) is 5.16. The van der Waals surface area contributed by atoms with Crippen molar-refractivity contribution in [1.82, 2.24) is 14.6 Å². The van der Waals surface area contributed by atoms with Gasteiger partial charge in [0, 0.05) is 11.8 Å². The number of benzene rings is 1. The third-order valence-corrected chi connectivity index (χ3v) is 3.10. The first-order valence-corrected chi connectivity index (χ1v) is 6.21. The van der Waals surface area contributed by atoms with E-state index in [0.29, 0.717) is 28.8 Å². The summed E-state index contributed by atoms with van der Waals surface area (Å²) in [6.45, 7) is 0. The Bertz CT molecular complexity index is 839. The van der Waals surface area contributed by atoms with E-state index in [1.54, 1.807) is 30.5 Å². The monoisotopic (exact) mass is 281 g/mol. The minimum absolute atomic E-state index is 0.407. The maximum absolute atomic E-state index is 11.6. The molecule has 1 aromatic carbocycles.